The van der Waals surface area contributed by atoms with Crippen molar-refractivity contribution in [3.63, 3.8) is 0 Å². The number of pyridine rings is 6. The Kier molecular flexibility index (Phi) is 33.7. The van der Waals surface area contributed by atoms with Crippen molar-refractivity contribution in [1.82, 2.24) is 96.3 Å². The standard InChI is InChI=1S/C33H30N8.C25H14F12N4.C23H22N4.C19H18N8.4Pt/c1-31(2,3)22-12-26(38-29(14-22)40-19-21(17-34)11-25(40)18-35)33(7,8)27-13-23(32(4,5)6)15-30(39-27)41-20-24(36-9)16-28(41)37-10;1-21(2,15-5-3-7-19(38-15)40-11-13(22(26,27)28)9-17(40)24(32,33)34)16-6-4-8-20(39-16)41-12-14(23(29,30)31)10-18(41)25(35,36)37;1-17-9-7-15-26(17)21-13-5-11-19(24-21)23(3,4)20-12-6-14-22(25-20)27-16-8-10-18(27)2;1-13-7-5-9-26(13)17-22-11-20-15(24-17)19(3,4)16-21-12-23-18(25-16)27-10-6-8-14(27)2;;;;/h11-16H,1-8H3;3-10H,1-2H3;5-14H,1-4H3;5-8,11-12H,1-4H3;;;;/q4*-2;4*+2. The van der Waals surface area contributed by atoms with Gasteiger partial charge < -0.3 is 41.4 Å². The van der Waals surface area contributed by atoms with Gasteiger partial charge in [0, 0.05) is 73.7 Å². The average Bonchev–Trinajstić information content (AvgIpc) is 1.33. The van der Waals surface area contributed by atoms with Crippen molar-refractivity contribution in [3.8, 4) is 58.9 Å². The molecule has 0 aliphatic rings. The number of hydrogen-bond acceptors (Lipinski definition) is 14. The summed E-state index contributed by atoms with van der Waals surface area (Å²) in [5, 5.41) is 19.2. The minimum Gasteiger partial charge on any atom is -0.433 e. The minimum absolute atomic E-state index is 0. The first-order valence-electron chi connectivity index (χ1n) is 41.7. The SMILES string of the molecule is CC(C)(c1cccc(-n2[c-]c(C(F)(F)F)cc2C(F)(F)F)n1)c1cccc(-n2[c-]c(C(F)(F)F)cc2C(F)(F)F)n1.Cc1cc[c-]n1-c1cccc(C(C)(C)c2cccc(-n3[c-]ccc3C)n2)n1.Cc1cc[c-]n1-c1ncnc(C(C)(C)c2ncnc(-n3[c-]ccc3C)n2)n1.[C-]#[N+]c1[c-]n(-c2cc(C(C)(C)C)cc(C(C)(C)c3cc(C(C)(C)C)cc(-n4[c-]c(C#N)cc4C#N)n3)n2)c([N+]#[C-])c1.[Pt+2].[Pt+2].[Pt+2].[Pt+2]. The summed E-state index contributed by atoms with van der Waals surface area (Å²) in [5.41, 5.74) is -0.236. The molecule has 24 nitrogen and oxygen atoms in total. The van der Waals surface area contributed by atoms with Crippen LogP contribution < -0.4 is 0 Å². The molecule has 0 aromatic carbocycles. The molecule has 16 rings (SSSR count). The molecule has 0 spiro atoms. The molecule has 16 aromatic heterocycles. The number of halogens is 12. The van der Waals surface area contributed by atoms with E-state index >= 15 is 0 Å². The second-order valence-corrected chi connectivity index (χ2v) is 35.6. The van der Waals surface area contributed by atoms with Crippen LogP contribution in [-0.2, 0) is 141 Å². The van der Waals surface area contributed by atoms with Gasteiger partial charge in [-0.15, -0.1) is 71.3 Å². The fraction of sp³-hybridized carbons (Fsp3) is 0.280. The van der Waals surface area contributed by atoms with Crippen molar-refractivity contribution in [2.24, 2.45) is 0 Å². The quantitative estimate of drug-likeness (QED) is 0.0644. The summed E-state index contributed by atoms with van der Waals surface area (Å²) in [6.45, 7) is 50.9. The number of hydrogen-bond donors (Lipinski definition) is 0. The maximum Gasteiger partial charge on any atom is 2.00 e. The minimum atomic E-state index is -5.22. The molecule has 0 saturated heterocycles. The smallest absolute Gasteiger partial charge is 0.433 e. The Balaban J connectivity index is 0.000000210. The van der Waals surface area contributed by atoms with Crippen molar-refractivity contribution in [2.45, 2.75) is 182 Å². The summed E-state index contributed by atoms with van der Waals surface area (Å²) < 4.78 is 171. The molecule has 0 amide bonds. The number of aromatic nitrogens is 20. The number of nitriles is 2. The number of nitrogens with zero attached hydrogens (tertiary/aromatic N) is 24. The van der Waals surface area contributed by atoms with Crippen LogP contribution in [0.25, 0.3) is 56.5 Å². The largest absolute Gasteiger partial charge is 2.00 e. The van der Waals surface area contributed by atoms with E-state index < -0.39 is 75.1 Å². The maximum atomic E-state index is 13.5. The Morgan fingerprint density at radius 1 is 0.321 bits per heavy atom. The molecule has 0 aliphatic heterocycles. The summed E-state index contributed by atoms with van der Waals surface area (Å²) in [7, 11) is 0. The molecule has 0 saturated carbocycles. The van der Waals surface area contributed by atoms with Crippen LogP contribution in [0, 0.1) is 113 Å². The molecule has 0 bridgehead atoms. The van der Waals surface area contributed by atoms with Crippen LogP contribution in [0.5, 0.6) is 0 Å². The van der Waals surface area contributed by atoms with Gasteiger partial charge in [0.1, 0.15) is 35.8 Å². The van der Waals surface area contributed by atoms with Crippen molar-refractivity contribution >= 4 is 11.5 Å². The van der Waals surface area contributed by atoms with Crippen LogP contribution in [0.15, 0.2) is 183 Å². The van der Waals surface area contributed by atoms with Crippen molar-refractivity contribution in [3.05, 3.63) is 368 Å². The fourth-order valence-corrected chi connectivity index (χ4v) is 14.1. The normalized spacial score (nSPS) is 12.0. The summed E-state index contributed by atoms with van der Waals surface area (Å²) in [4.78, 5) is 61.5. The Hall–Kier alpha value is -13.0. The average molecular weight is 2630 g/mol. The van der Waals surface area contributed by atoms with Crippen LogP contribution in [0.1, 0.15) is 210 Å². The molecule has 140 heavy (non-hydrogen) atoms. The molecule has 0 aliphatic carbocycles. The Morgan fingerprint density at radius 3 is 0.964 bits per heavy atom. The van der Waals surface area contributed by atoms with E-state index in [1.54, 1.807) is 21.5 Å². The number of aryl methyl sites for hydroxylation is 4. The molecule has 0 fully saturated rings. The predicted octanol–water partition coefficient (Wildman–Crippen LogP) is 22.3. The van der Waals surface area contributed by atoms with Gasteiger partial charge in [0.25, 0.3) is 0 Å². The molecule has 728 valence electrons. The van der Waals surface area contributed by atoms with Gasteiger partial charge in [0.2, 0.25) is 0 Å². The van der Waals surface area contributed by atoms with Gasteiger partial charge in [0.15, 0.2) is 17.7 Å². The molecule has 0 unspecified atom stereocenters. The fourth-order valence-electron chi connectivity index (χ4n) is 14.1. The first-order chi connectivity index (χ1) is 63.6. The van der Waals surface area contributed by atoms with E-state index in [9.17, 15) is 63.2 Å². The summed E-state index contributed by atoms with van der Waals surface area (Å²) in [6, 6.07) is 49.4. The molecule has 16 aromatic rings. The maximum absolute atomic E-state index is 13.5. The monoisotopic (exact) mass is 2630 g/mol. The van der Waals surface area contributed by atoms with Gasteiger partial charge in [-0.05, 0) is 155 Å². The van der Waals surface area contributed by atoms with Crippen molar-refractivity contribution in [1.29, 1.82) is 10.5 Å². The first-order valence-corrected chi connectivity index (χ1v) is 41.7. The second-order valence-electron chi connectivity index (χ2n) is 35.6. The summed E-state index contributed by atoms with van der Waals surface area (Å²) in [5.74, 6) is 3.93. The van der Waals surface area contributed by atoms with Crippen LogP contribution in [0.2, 0.25) is 0 Å². The molecule has 40 heteroatoms. The predicted molar refractivity (Wildman–Crippen MR) is 477 cm³/mol. The van der Waals surface area contributed by atoms with E-state index in [0.29, 0.717) is 35.2 Å². The first kappa shape index (κ1) is 111. The molecule has 0 radical (unpaired) electrons. The van der Waals surface area contributed by atoms with E-state index in [2.05, 4.69) is 192 Å². The molecule has 0 N–H and O–H groups in total. The molecule has 0 atom stereocenters. The van der Waals surface area contributed by atoms with Gasteiger partial charge in [-0.2, -0.15) is 77.0 Å². The zero-order chi connectivity index (χ0) is 99.1. The van der Waals surface area contributed by atoms with E-state index in [0.717, 1.165) is 80.4 Å². The van der Waals surface area contributed by atoms with Crippen LogP contribution >= 0.6 is 0 Å². The van der Waals surface area contributed by atoms with Crippen LogP contribution in [0.3, 0.4) is 0 Å². The molecular weight excluding hydrogens is 2550 g/mol. The van der Waals surface area contributed by atoms with Crippen molar-refractivity contribution < 1.29 is 137 Å². The number of alkyl halides is 12. The zero-order valence-corrected chi connectivity index (χ0v) is 86.9. The van der Waals surface area contributed by atoms with Gasteiger partial charge >= 0.3 is 109 Å². The van der Waals surface area contributed by atoms with Gasteiger partial charge in [-0.25, -0.2) is 40.4 Å². The third-order valence-electron chi connectivity index (χ3n) is 22.3. The Morgan fingerprint density at radius 2 is 0.657 bits per heavy atom. The van der Waals surface area contributed by atoms with E-state index in [1.807, 2.05) is 136 Å². The van der Waals surface area contributed by atoms with E-state index in [-0.39, 0.29) is 156 Å². The van der Waals surface area contributed by atoms with Crippen LogP contribution in [0.4, 0.5) is 64.2 Å². The van der Waals surface area contributed by atoms with E-state index in [1.165, 1.54) is 72.0 Å². The second kappa shape index (κ2) is 42.6. The summed E-state index contributed by atoms with van der Waals surface area (Å²) in [6.07, 6.45) is 4.03. The van der Waals surface area contributed by atoms with Gasteiger partial charge in [0.05, 0.1) is 47.1 Å². The topological polar surface area (TPSA) is 250 Å². The molecular formula is C100H84F12N24Pt4. The van der Waals surface area contributed by atoms with Crippen LogP contribution in [-0.4, -0.2) is 96.3 Å². The zero-order valence-electron chi connectivity index (χ0n) is 77.9. The van der Waals surface area contributed by atoms with E-state index in [4.69, 9.17) is 33.1 Å². The van der Waals surface area contributed by atoms with Gasteiger partial charge in [-0.3, -0.25) is 34.7 Å². The third-order valence-corrected chi connectivity index (χ3v) is 22.3. The third kappa shape index (κ3) is 24.0. The molecule has 16 heterocycles. The van der Waals surface area contributed by atoms with Gasteiger partial charge in [-0.1, -0.05) is 162 Å². The number of rotatable bonds is 16. The van der Waals surface area contributed by atoms with Crippen molar-refractivity contribution in [2.75, 3.05) is 0 Å². The summed E-state index contributed by atoms with van der Waals surface area (Å²) >= 11 is 0. The Bertz CT molecular complexity index is 6720. The Labute approximate surface area is 858 Å².